The molecule has 1 aliphatic carbocycles. The second kappa shape index (κ2) is 7.53. The van der Waals surface area contributed by atoms with E-state index in [1.54, 1.807) is 12.5 Å². The number of nitrogens with zero attached hydrogens (tertiary/aromatic N) is 2. The fourth-order valence-electron chi connectivity index (χ4n) is 3.62. The third kappa shape index (κ3) is 3.50. The third-order valence-corrected chi connectivity index (χ3v) is 4.68. The lowest BCUT2D eigenvalue weighted by atomic mass is 9.80. The standard InChI is InChI=1S/C20H18N2O2/c21-13-23-18-9-5-16(6-10-18)20(15-3-1-2-4-15)17-7-11-19(12-8-17)24-14-22/h5-12,15,20H,1-4H2. The van der Waals surface area contributed by atoms with E-state index in [0.717, 1.165) is 0 Å². The van der Waals surface area contributed by atoms with Crippen LogP contribution in [0.3, 0.4) is 0 Å². The Hall–Kier alpha value is -2.98. The molecule has 0 spiro atoms. The lowest BCUT2D eigenvalue weighted by molar-refractivity contribution is 0.479. The average molecular weight is 318 g/mol. The van der Waals surface area contributed by atoms with Gasteiger partial charge in [-0.3, -0.25) is 0 Å². The number of benzene rings is 2. The zero-order valence-corrected chi connectivity index (χ0v) is 13.3. The Labute approximate surface area is 141 Å². The Balaban J connectivity index is 1.91. The van der Waals surface area contributed by atoms with Crippen molar-refractivity contribution in [3.05, 3.63) is 59.7 Å². The summed E-state index contributed by atoms with van der Waals surface area (Å²) in [6, 6.07) is 15.5. The van der Waals surface area contributed by atoms with Gasteiger partial charge in [0.05, 0.1) is 0 Å². The summed E-state index contributed by atoms with van der Waals surface area (Å²) in [6.45, 7) is 0. The second-order valence-electron chi connectivity index (χ2n) is 6.05. The summed E-state index contributed by atoms with van der Waals surface area (Å²) in [5, 5.41) is 17.2. The molecule has 0 radical (unpaired) electrons. The maximum Gasteiger partial charge on any atom is 0.292 e. The number of hydrogen-bond acceptors (Lipinski definition) is 4. The Kier molecular flexibility index (Phi) is 4.99. The van der Waals surface area contributed by atoms with Crippen molar-refractivity contribution in [2.75, 3.05) is 0 Å². The van der Waals surface area contributed by atoms with E-state index in [-0.39, 0.29) is 0 Å². The van der Waals surface area contributed by atoms with E-state index in [1.807, 2.05) is 48.5 Å². The number of rotatable bonds is 5. The third-order valence-electron chi connectivity index (χ3n) is 4.68. The number of hydrogen-bond donors (Lipinski definition) is 0. The van der Waals surface area contributed by atoms with Crippen molar-refractivity contribution in [2.45, 2.75) is 31.6 Å². The Morgan fingerprint density at radius 2 is 1.17 bits per heavy atom. The van der Waals surface area contributed by atoms with Crippen LogP contribution in [-0.4, -0.2) is 0 Å². The molecular weight excluding hydrogens is 300 g/mol. The highest BCUT2D eigenvalue weighted by Gasteiger charge is 2.27. The van der Waals surface area contributed by atoms with E-state index in [2.05, 4.69) is 0 Å². The lowest BCUT2D eigenvalue weighted by Crippen LogP contribution is -2.11. The topological polar surface area (TPSA) is 66.0 Å². The summed E-state index contributed by atoms with van der Waals surface area (Å²) < 4.78 is 9.75. The first-order chi connectivity index (χ1) is 11.8. The van der Waals surface area contributed by atoms with Gasteiger partial charge in [-0.05, 0) is 54.2 Å². The molecule has 3 rings (SSSR count). The SMILES string of the molecule is N#COc1ccc(C(c2ccc(OC#N)cc2)C2CCCC2)cc1. The molecule has 1 aliphatic rings. The van der Waals surface area contributed by atoms with Gasteiger partial charge in [-0.1, -0.05) is 37.1 Å². The molecule has 0 saturated heterocycles. The quantitative estimate of drug-likeness (QED) is 0.748. The lowest BCUT2D eigenvalue weighted by Gasteiger charge is -2.25. The average Bonchev–Trinajstić information content (AvgIpc) is 3.13. The normalized spacial score (nSPS) is 14.1. The van der Waals surface area contributed by atoms with Gasteiger partial charge in [-0.25, -0.2) is 0 Å². The monoisotopic (exact) mass is 318 g/mol. The predicted octanol–water partition coefficient (Wildman–Crippen LogP) is 4.73. The molecule has 4 heteroatoms. The maximum absolute atomic E-state index is 8.61. The highest BCUT2D eigenvalue weighted by Crippen LogP contribution is 2.42. The molecule has 2 aromatic carbocycles. The summed E-state index contributed by atoms with van der Waals surface area (Å²) >= 11 is 0. The van der Waals surface area contributed by atoms with E-state index < -0.39 is 0 Å². The highest BCUT2D eigenvalue weighted by molar-refractivity contribution is 5.39. The summed E-state index contributed by atoms with van der Waals surface area (Å²) in [6.07, 6.45) is 8.37. The van der Waals surface area contributed by atoms with Crippen LogP contribution in [0.1, 0.15) is 42.7 Å². The first kappa shape index (κ1) is 15.9. The van der Waals surface area contributed by atoms with Crippen molar-refractivity contribution in [1.82, 2.24) is 0 Å². The van der Waals surface area contributed by atoms with Gasteiger partial charge in [0.15, 0.2) is 0 Å². The second-order valence-corrected chi connectivity index (χ2v) is 6.05. The zero-order valence-electron chi connectivity index (χ0n) is 13.3. The predicted molar refractivity (Wildman–Crippen MR) is 89.2 cm³/mol. The summed E-state index contributed by atoms with van der Waals surface area (Å²) in [5.41, 5.74) is 2.45. The van der Waals surface area contributed by atoms with Crippen LogP contribution < -0.4 is 9.47 Å². The van der Waals surface area contributed by atoms with Crippen LogP contribution in [0.4, 0.5) is 0 Å². The smallest absolute Gasteiger partial charge is 0.292 e. The fourth-order valence-corrected chi connectivity index (χ4v) is 3.62. The van der Waals surface area contributed by atoms with Crippen molar-refractivity contribution in [3.63, 3.8) is 0 Å². The van der Waals surface area contributed by atoms with Gasteiger partial charge in [0.1, 0.15) is 11.5 Å². The van der Waals surface area contributed by atoms with Crippen molar-refractivity contribution in [1.29, 1.82) is 10.5 Å². The molecule has 1 fully saturated rings. The van der Waals surface area contributed by atoms with E-state index >= 15 is 0 Å². The van der Waals surface area contributed by atoms with Crippen LogP contribution in [0.5, 0.6) is 11.5 Å². The molecule has 0 aromatic heterocycles. The minimum absolute atomic E-state index is 0.305. The molecule has 0 amide bonds. The molecule has 0 aliphatic heterocycles. The molecule has 120 valence electrons. The molecule has 1 saturated carbocycles. The largest absolute Gasteiger partial charge is 0.388 e. The molecule has 0 bridgehead atoms. The first-order valence-corrected chi connectivity index (χ1v) is 8.13. The number of nitriles is 2. The molecule has 4 nitrogen and oxygen atoms in total. The molecule has 0 N–H and O–H groups in total. The minimum Gasteiger partial charge on any atom is -0.388 e. The van der Waals surface area contributed by atoms with Gasteiger partial charge in [0, 0.05) is 5.92 Å². The molecule has 24 heavy (non-hydrogen) atoms. The Morgan fingerprint density at radius 1 is 0.750 bits per heavy atom. The van der Waals surface area contributed by atoms with Crippen LogP contribution in [0.2, 0.25) is 0 Å². The molecular formula is C20H18N2O2. The van der Waals surface area contributed by atoms with Crippen molar-refractivity contribution in [3.8, 4) is 24.0 Å². The van der Waals surface area contributed by atoms with Crippen LogP contribution in [-0.2, 0) is 0 Å². The van der Waals surface area contributed by atoms with E-state index in [1.165, 1.54) is 36.8 Å². The minimum atomic E-state index is 0.305. The fraction of sp³-hybridized carbons (Fsp3) is 0.300. The first-order valence-electron chi connectivity index (χ1n) is 8.13. The molecule has 0 heterocycles. The van der Waals surface area contributed by atoms with Gasteiger partial charge in [-0.15, -0.1) is 10.5 Å². The van der Waals surface area contributed by atoms with Gasteiger partial charge < -0.3 is 9.47 Å². The van der Waals surface area contributed by atoms with Crippen molar-refractivity contribution < 1.29 is 9.47 Å². The summed E-state index contributed by atoms with van der Waals surface area (Å²) in [7, 11) is 0. The van der Waals surface area contributed by atoms with Gasteiger partial charge >= 0.3 is 0 Å². The van der Waals surface area contributed by atoms with Crippen molar-refractivity contribution >= 4 is 0 Å². The van der Waals surface area contributed by atoms with E-state index in [4.69, 9.17) is 20.0 Å². The van der Waals surface area contributed by atoms with Crippen LogP contribution >= 0.6 is 0 Å². The number of ether oxygens (including phenoxy) is 2. The van der Waals surface area contributed by atoms with Crippen LogP contribution in [0, 0.1) is 29.0 Å². The molecule has 2 aromatic rings. The molecule has 0 atom stereocenters. The summed E-state index contributed by atoms with van der Waals surface area (Å²) in [4.78, 5) is 0. The van der Waals surface area contributed by atoms with E-state index in [0.29, 0.717) is 23.3 Å². The van der Waals surface area contributed by atoms with Gasteiger partial charge in [0.25, 0.3) is 12.5 Å². The van der Waals surface area contributed by atoms with E-state index in [9.17, 15) is 0 Å². The van der Waals surface area contributed by atoms with Crippen LogP contribution in [0.25, 0.3) is 0 Å². The highest BCUT2D eigenvalue weighted by atomic mass is 16.5. The van der Waals surface area contributed by atoms with Gasteiger partial charge in [0.2, 0.25) is 0 Å². The Bertz CT molecular complexity index is 689. The summed E-state index contributed by atoms with van der Waals surface area (Å²) in [5.74, 6) is 2.03. The maximum atomic E-state index is 8.61. The van der Waals surface area contributed by atoms with Crippen molar-refractivity contribution in [2.24, 2.45) is 5.92 Å². The Morgan fingerprint density at radius 3 is 1.54 bits per heavy atom. The zero-order chi connectivity index (χ0) is 16.8. The van der Waals surface area contributed by atoms with Crippen LogP contribution in [0.15, 0.2) is 48.5 Å². The van der Waals surface area contributed by atoms with Gasteiger partial charge in [-0.2, -0.15) is 0 Å². The molecule has 0 unspecified atom stereocenters.